The van der Waals surface area contributed by atoms with Crippen LogP contribution in [0.4, 0.5) is 0 Å². The van der Waals surface area contributed by atoms with E-state index in [1.807, 2.05) is 0 Å². The van der Waals surface area contributed by atoms with Gasteiger partial charge in [0, 0.05) is 31.9 Å². The predicted molar refractivity (Wildman–Crippen MR) is 35.4 cm³/mol. The summed E-state index contributed by atoms with van der Waals surface area (Å²) < 4.78 is 0. The molecule has 1 rings (SSSR count). The van der Waals surface area contributed by atoms with Crippen molar-refractivity contribution in [3.63, 3.8) is 0 Å². The van der Waals surface area contributed by atoms with Crippen LogP contribution in [0.1, 0.15) is 12.8 Å². The third-order valence-corrected chi connectivity index (χ3v) is 1.99. The Morgan fingerprint density at radius 2 is 2.25 bits per heavy atom. The Labute approximate surface area is 93.2 Å². The minimum Gasteiger partial charge on any atom is -0.550 e. The van der Waals surface area contributed by atoms with Crippen LogP contribution in [0.5, 0.6) is 0 Å². The molecule has 0 radical (unpaired) electrons. The number of carbonyl (C=O) groups is 2. The van der Waals surface area contributed by atoms with Crippen LogP contribution in [-0.4, -0.2) is 30.4 Å². The maximum absolute atomic E-state index is 10.9. The van der Waals surface area contributed by atoms with Crippen LogP contribution < -0.4 is 34.7 Å². The summed E-state index contributed by atoms with van der Waals surface area (Å²) in [5.41, 5.74) is 0. The minimum atomic E-state index is -1.11. The standard InChI is InChI=1S/C7H11NO3.Na/c1-8-3-2-5(7(10)11)4-6(8)9;/h5H,2-4H2,1H3,(H,10,11);/q;+1/p-1. The van der Waals surface area contributed by atoms with Crippen molar-refractivity contribution in [3.8, 4) is 0 Å². The molecule has 1 unspecified atom stereocenters. The molecule has 5 heteroatoms. The molecule has 62 valence electrons. The Kier molecular flexibility index (Phi) is 4.82. The molecule has 0 aromatic heterocycles. The number of carboxylic acids is 1. The van der Waals surface area contributed by atoms with Gasteiger partial charge < -0.3 is 14.8 Å². The summed E-state index contributed by atoms with van der Waals surface area (Å²) in [6.45, 7) is 0.525. The molecule has 0 aromatic carbocycles. The number of hydrogen-bond acceptors (Lipinski definition) is 3. The second-order valence-corrected chi connectivity index (χ2v) is 2.82. The molecule has 0 aromatic rings. The monoisotopic (exact) mass is 179 g/mol. The molecule has 0 N–H and O–H groups in total. The van der Waals surface area contributed by atoms with Crippen molar-refractivity contribution in [2.24, 2.45) is 5.92 Å². The normalized spacial score (nSPS) is 23.2. The number of carbonyl (C=O) groups excluding carboxylic acids is 2. The number of nitrogens with zero attached hydrogens (tertiary/aromatic N) is 1. The van der Waals surface area contributed by atoms with E-state index in [1.165, 1.54) is 0 Å². The number of amides is 1. The number of carboxylic acid groups (broad SMARTS) is 1. The zero-order valence-corrected chi connectivity index (χ0v) is 9.37. The molecule has 1 heterocycles. The van der Waals surface area contributed by atoms with Crippen LogP contribution in [-0.2, 0) is 9.59 Å². The van der Waals surface area contributed by atoms with Crippen molar-refractivity contribution in [2.45, 2.75) is 12.8 Å². The molecule has 1 aliphatic heterocycles. The molecule has 0 spiro atoms. The molecule has 1 atom stereocenters. The van der Waals surface area contributed by atoms with Gasteiger partial charge in [-0.2, -0.15) is 0 Å². The number of rotatable bonds is 1. The van der Waals surface area contributed by atoms with Gasteiger partial charge >= 0.3 is 29.6 Å². The van der Waals surface area contributed by atoms with Gasteiger partial charge in [-0.1, -0.05) is 0 Å². The first-order valence-electron chi connectivity index (χ1n) is 3.56. The fourth-order valence-electron chi connectivity index (χ4n) is 1.14. The molecule has 0 aliphatic carbocycles. The fourth-order valence-corrected chi connectivity index (χ4v) is 1.14. The van der Waals surface area contributed by atoms with E-state index in [0.717, 1.165) is 0 Å². The summed E-state index contributed by atoms with van der Waals surface area (Å²) >= 11 is 0. The van der Waals surface area contributed by atoms with Gasteiger partial charge in [0.05, 0.1) is 0 Å². The largest absolute Gasteiger partial charge is 1.00 e. The van der Waals surface area contributed by atoms with Crippen LogP contribution in [0.25, 0.3) is 0 Å². The third-order valence-electron chi connectivity index (χ3n) is 1.99. The van der Waals surface area contributed by atoms with E-state index < -0.39 is 11.9 Å². The van der Waals surface area contributed by atoms with Crippen molar-refractivity contribution < 1.29 is 44.3 Å². The molecule has 0 saturated carbocycles. The second-order valence-electron chi connectivity index (χ2n) is 2.82. The van der Waals surface area contributed by atoms with Gasteiger partial charge in [-0.05, 0) is 6.42 Å². The van der Waals surface area contributed by atoms with E-state index in [-0.39, 0.29) is 41.9 Å². The summed E-state index contributed by atoms with van der Waals surface area (Å²) in [6.07, 6.45) is 0.614. The molecule has 1 aliphatic rings. The number of hydrogen-bond donors (Lipinski definition) is 0. The summed E-state index contributed by atoms with van der Waals surface area (Å²) in [4.78, 5) is 22.8. The average Bonchev–Trinajstić information content (AvgIpc) is 1.94. The first-order valence-corrected chi connectivity index (χ1v) is 3.56. The molecular weight excluding hydrogens is 169 g/mol. The van der Waals surface area contributed by atoms with Crippen LogP contribution in [0.2, 0.25) is 0 Å². The average molecular weight is 179 g/mol. The first kappa shape index (κ1) is 11.9. The van der Waals surface area contributed by atoms with Gasteiger partial charge in [-0.3, -0.25) is 4.79 Å². The van der Waals surface area contributed by atoms with Gasteiger partial charge in [-0.15, -0.1) is 0 Å². The van der Waals surface area contributed by atoms with Crippen molar-refractivity contribution in [1.82, 2.24) is 4.90 Å². The summed E-state index contributed by atoms with van der Waals surface area (Å²) in [5, 5.41) is 10.3. The molecule has 12 heavy (non-hydrogen) atoms. The van der Waals surface area contributed by atoms with Gasteiger partial charge in [-0.25, -0.2) is 0 Å². The zero-order chi connectivity index (χ0) is 8.43. The Bertz CT molecular complexity index is 195. The van der Waals surface area contributed by atoms with Crippen molar-refractivity contribution in [1.29, 1.82) is 0 Å². The Morgan fingerprint density at radius 3 is 2.67 bits per heavy atom. The van der Waals surface area contributed by atoms with Crippen LogP contribution in [0, 0.1) is 5.92 Å². The van der Waals surface area contributed by atoms with Crippen molar-refractivity contribution >= 4 is 11.9 Å². The number of likely N-dealkylation sites (tertiary alicyclic amines) is 1. The number of piperidine rings is 1. The molecule has 4 nitrogen and oxygen atoms in total. The van der Waals surface area contributed by atoms with E-state index in [1.54, 1.807) is 11.9 Å². The smallest absolute Gasteiger partial charge is 0.550 e. The van der Waals surface area contributed by atoms with Crippen LogP contribution in [0.15, 0.2) is 0 Å². The first-order chi connectivity index (χ1) is 5.11. The number of aliphatic carboxylic acids is 1. The Hall–Kier alpha value is -0.0600. The molecule has 1 amide bonds. The summed E-state index contributed by atoms with van der Waals surface area (Å²) in [7, 11) is 1.67. The van der Waals surface area contributed by atoms with E-state index in [9.17, 15) is 14.7 Å². The second kappa shape index (κ2) is 4.84. The Morgan fingerprint density at radius 1 is 1.67 bits per heavy atom. The topological polar surface area (TPSA) is 60.4 Å². The van der Waals surface area contributed by atoms with Crippen LogP contribution in [0.3, 0.4) is 0 Å². The predicted octanol–water partition coefficient (Wildman–Crippen LogP) is -4.39. The zero-order valence-electron chi connectivity index (χ0n) is 7.37. The van der Waals surface area contributed by atoms with Gasteiger partial charge in [0.2, 0.25) is 5.91 Å². The van der Waals surface area contributed by atoms with E-state index >= 15 is 0 Å². The molecular formula is C7H10NNaO3. The van der Waals surface area contributed by atoms with Gasteiger partial charge in [0.25, 0.3) is 0 Å². The van der Waals surface area contributed by atoms with Crippen molar-refractivity contribution in [2.75, 3.05) is 13.6 Å². The van der Waals surface area contributed by atoms with E-state index in [2.05, 4.69) is 0 Å². The maximum atomic E-state index is 10.9. The van der Waals surface area contributed by atoms with Crippen LogP contribution >= 0.6 is 0 Å². The summed E-state index contributed by atoms with van der Waals surface area (Å²) in [6, 6.07) is 0. The quantitative estimate of drug-likeness (QED) is 0.382. The maximum Gasteiger partial charge on any atom is 1.00 e. The van der Waals surface area contributed by atoms with Crippen molar-refractivity contribution in [3.05, 3.63) is 0 Å². The van der Waals surface area contributed by atoms with Gasteiger partial charge in [0.1, 0.15) is 0 Å². The third kappa shape index (κ3) is 2.77. The fraction of sp³-hybridized carbons (Fsp3) is 0.714. The Balaban J connectivity index is 0.00000121. The van der Waals surface area contributed by atoms with E-state index in [0.29, 0.717) is 13.0 Å². The molecule has 1 saturated heterocycles. The van der Waals surface area contributed by atoms with Gasteiger partial charge in [0.15, 0.2) is 0 Å². The summed E-state index contributed by atoms with van der Waals surface area (Å²) in [5.74, 6) is -1.78. The molecule has 0 bridgehead atoms. The SMILES string of the molecule is CN1CCC(C(=O)[O-])CC1=O.[Na+]. The van der Waals surface area contributed by atoms with E-state index in [4.69, 9.17) is 0 Å². The minimum absolute atomic E-state index is 0. The molecule has 1 fully saturated rings.